The molecule has 1 N–H and O–H groups in total. The van der Waals surface area contributed by atoms with Crippen LogP contribution in [0.4, 0.5) is 0 Å². The van der Waals surface area contributed by atoms with Crippen LogP contribution in [0.15, 0.2) is 23.4 Å². The lowest BCUT2D eigenvalue weighted by atomic mass is 9.93. The molecule has 0 radical (unpaired) electrons. The van der Waals surface area contributed by atoms with Crippen LogP contribution in [0, 0.1) is 16.0 Å². The number of carboxylic acids is 1. The van der Waals surface area contributed by atoms with Gasteiger partial charge in [-0.3, -0.25) is 14.9 Å². The molecule has 1 rings (SSSR count). The Morgan fingerprint density at radius 3 is 2.69 bits per heavy atom. The van der Waals surface area contributed by atoms with Crippen molar-refractivity contribution in [3.63, 3.8) is 0 Å². The third kappa shape index (κ3) is 2.44. The monoisotopic (exact) mass is 227 g/mol. The molecule has 7 heteroatoms. The van der Waals surface area contributed by atoms with Gasteiger partial charge in [0, 0.05) is 17.7 Å². The number of hydrogen-bond donors (Lipinski definition) is 1. The number of nitrogens with zero attached hydrogens (tertiary/aromatic N) is 1. The maximum atomic E-state index is 11.2. The number of carbonyl (C=O) groups excluding carboxylic acids is 1. The normalized spacial score (nSPS) is 19.4. The summed E-state index contributed by atoms with van der Waals surface area (Å²) in [6.07, 6.45) is 1.94. The molecule has 1 unspecified atom stereocenters. The average Bonchev–Trinajstić information content (AvgIpc) is 2.27. The van der Waals surface area contributed by atoms with Gasteiger partial charge in [-0.15, -0.1) is 0 Å². The number of aliphatic carboxylic acids is 1. The van der Waals surface area contributed by atoms with Crippen LogP contribution in [0.3, 0.4) is 0 Å². The molecule has 0 aromatic heterocycles. The molecule has 0 fully saturated rings. The van der Waals surface area contributed by atoms with Gasteiger partial charge in [0.25, 0.3) is 5.70 Å². The molecule has 0 aliphatic heterocycles. The second-order valence-electron chi connectivity index (χ2n) is 3.16. The lowest BCUT2D eigenvalue weighted by Crippen LogP contribution is -2.21. The maximum absolute atomic E-state index is 11.2. The number of esters is 1. The van der Waals surface area contributed by atoms with Crippen molar-refractivity contribution in [1.29, 1.82) is 0 Å². The molecule has 1 aliphatic carbocycles. The first-order valence-corrected chi connectivity index (χ1v) is 4.33. The smallest absolute Gasteiger partial charge is 0.331 e. The summed E-state index contributed by atoms with van der Waals surface area (Å²) in [5, 5.41) is 19.3. The number of ether oxygens (including phenoxy) is 1. The van der Waals surface area contributed by atoms with Gasteiger partial charge in [-0.25, -0.2) is 4.79 Å². The molecule has 0 saturated heterocycles. The maximum Gasteiger partial charge on any atom is 0.331 e. The summed E-state index contributed by atoms with van der Waals surface area (Å²) in [7, 11) is 1.14. The Kier molecular flexibility index (Phi) is 3.39. The molecule has 0 aromatic carbocycles. The van der Waals surface area contributed by atoms with Crippen molar-refractivity contribution in [3.8, 4) is 0 Å². The lowest BCUT2D eigenvalue weighted by Gasteiger charge is -2.14. The zero-order valence-corrected chi connectivity index (χ0v) is 8.37. The largest absolute Gasteiger partial charge is 0.478 e. The van der Waals surface area contributed by atoms with E-state index in [0.29, 0.717) is 0 Å². The predicted molar refractivity (Wildman–Crippen MR) is 50.9 cm³/mol. The van der Waals surface area contributed by atoms with Gasteiger partial charge in [-0.1, -0.05) is 0 Å². The molecule has 1 atom stereocenters. The molecule has 0 saturated carbocycles. The number of rotatable bonds is 3. The van der Waals surface area contributed by atoms with E-state index in [0.717, 1.165) is 19.3 Å². The van der Waals surface area contributed by atoms with Crippen molar-refractivity contribution >= 4 is 11.9 Å². The Bertz CT molecular complexity index is 408. The standard InChI is InChI=1S/C9H9NO6/c1-16-9(13)6-2-5(8(11)12)3-7(4-6)10(14)15/h3-4,6H,2H2,1H3,(H,11,12). The van der Waals surface area contributed by atoms with Crippen LogP contribution in [0.1, 0.15) is 6.42 Å². The van der Waals surface area contributed by atoms with Gasteiger partial charge in [0.15, 0.2) is 0 Å². The van der Waals surface area contributed by atoms with Crippen LogP contribution in [0.5, 0.6) is 0 Å². The second kappa shape index (κ2) is 4.56. The molecule has 0 heterocycles. The number of methoxy groups -OCH3 is 1. The van der Waals surface area contributed by atoms with E-state index in [1.165, 1.54) is 0 Å². The third-order valence-corrected chi connectivity index (χ3v) is 2.12. The van der Waals surface area contributed by atoms with Gasteiger partial charge >= 0.3 is 11.9 Å². The van der Waals surface area contributed by atoms with Gasteiger partial charge in [-0.2, -0.15) is 0 Å². The summed E-state index contributed by atoms with van der Waals surface area (Å²) >= 11 is 0. The molecule has 0 aromatic rings. The second-order valence-corrected chi connectivity index (χ2v) is 3.16. The lowest BCUT2D eigenvalue weighted by molar-refractivity contribution is -0.419. The fourth-order valence-electron chi connectivity index (χ4n) is 1.35. The molecule has 7 nitrogen and oxygen atoms in total. The number of hydrogen-bond acceptors (Lipinski definition) is 5. The van der Waals surface area contributed by atoms with E-state index in [1.54, 1.807) is 0 Å². The van der Waals surface area contributed by atoms with E-state index in [1.807, 2.05) is 0 Å². The van der Waals surface area contributed by atoms with Crippen molar-refractivity contribution in [2.45, 2.75) is 6.42 Å². The van der Waals surface area contributed by atoms with Crippen molar-refractivity contribution < 1.29 is 24.4 Å². The highest BCUT2D eigenvalue weighted by Gasteiger charge is 2.29. The first kappa shape index (κ1) is 11.9. The predicted octanol–water partition coefficient (Wildman–Crippen LogP) is 0.351. The molecule has 0 spiro atoms. The molecule has 0 bridgehead atoms. The number of nitro groups is 1. The summed E-state index contributed by atoms with van der Waals surface area (Å²) in [4.78, 5) is 31.7. The highest BCUT2D eigenvalue weighted by atomic mass is 16.6. The first-order valence-electron chi connectivity index (χ1n) is 4.33. The Hall–Kier alpha value is -2.18. The number of carboxylic acid groups (broad SMARTS) is 1. The van der Waals surface area contributed by atoms with E-state index in [2.05, 4.69) is 4.74 Å². The summed E-state index contributed by atoms with van der Waals surface area (Å²) in [6, 6.07) is 0. The summed E-state index contributed by atoms with van der Waals surface area (Å²) in [5.74, 6) is -2.88. The quantitative estimate of drug-likeness (QED) is 0.423. The average molecular weight is 227 g/mol. The Morgan fingerprint density at radius 1 is 1.62 bits per heavy atom. The van der Waals surface area contributed by atoms with Gasteiger partial charge in [0.2, 0.25) is 0 Å². The van der Waals surface area contributed by atoms with E-state index in [4.69, 9.17) is 5.11 Å². The van der Waals surface area contributed by atoms with Crippen LogP contribution in [-0.2, 0) is 14.3 Å². The summed E-state index contributed by atoms with van der Waals surface area (Å²) in [5.41, 5.74) is -0.580. The fourth-order valence-corrected chi connectivity index (χ4v) is 1.35. The number of allylic oxidation sites excluding steroid dienone is 1. The number of carbonyl (C=O) groups is 2. The Labute approximate surface area is 90.2 Å². The zero-order chi connectivity index (χ0) is 12.3. The van der Waals surface area contributed by atoms with E-state index >= 15 is 0 Å². The van der Waals surface area contributed by atoms with E-state index in [-0.39, 0.29) is 12.0 Å². The zero-order valence-electron chi connectivity index (χ0n) is 8.37. The molecule has 1 aliphatic rings. The van der Waals surface area contributed by atoms with Gasteiger partial charge in [0.1, 0.15) is 0 Å². The van der Waals surface area contributed by atoms with Crippen LogP contribution in [-0.4, -0.2) is 29.1 Å². The minimum atomic E-state index is -1.28. The Balaban J connectivity index is 3.05. The molecular formula is C9H9NO6. The van der Waals surface area contributed by atoms with Gasteiger partial charge < -0.3 is 9.84 Å². The van der Waals surface area contributed by atoms with Crippen molar-refractivity contribution in [3.05, 3.63) is 33.5 Å². The Morgan fingerprint density at radius 2 is 2.25 bits per heavy atom. The topological polar surface area (TPSA) is 107 Å². The van der Waals surface area contributed by atoms with E-state index in [9.17, 15) is 19.7 Å². The van der Waals surface area contributed by atoms with Crippen molar-refractivity contribution in [2.24, 2.45) is 5.92 Å². The third-order valence-electron chi connectivity index (χ3n) is 2.12. The van der Waals surface area contributed by atoms with Crippen molar-refractivity contribution in [2.75, 3.05) is 7.11 Å². The fraction of sp³-hybridized carbons (Fsp3) is 0.333. The first-order chi connectivity index (χ1) is 7.45. The van der Waals surface area contributed by atoms with Gasteiger partial charge in [-0.05, 0) is 6.42 Å². The molecule has 16 heavy (non-hydrogen) atoms. The minimum absolute atomic E-state index is 0.0979. The molecule has 0 amide bonds. The van der Waals surface area contributed by atoms with Gasteiger partial charge in [0.05, 0.1) is 18.0 Å². The van der Waals surface area contributed by atoms with Crippen LogP contribution >= 0.6 is 0 Å². The summed E-state index contributed by atoms with van der Waals surface area (Å²) in [6.45, 7) is 0. The van der Waals surface area contributed by atoms with Crippen LogP contribution in [0.2, 0.25) is 0 Å². The molecule has 86 valence electrons. The van der Waals surface area contributed by atoms with Crippen molar-refractivity contribution in [1.82, 2.24) is 0 Å². The summed E-state index contributed by atoms with van der Waals surface area (Å²) < 4.78 is 4.42. The SMILES string of the molecule is COC(=O)C1C=C([N+](=O)[O-])C=C(C(=O)O)C1. The highest BCUT2D eigenvalue weighted by Crippen LogP contribution is 2.24. The highest BCUT2D eigenvalue weighted by molar-refractivity contribution is 5.89. The molecular weight excluding hydrogens is 218 g/mol. The van der Waals surface area contributed by atoms with Crippen LogP contribution in [0.25, 0.3) is 0 Å². The van der Waals surface area contributed by atoms with Crippen LogP contribution < -0.4 is 0 Å². The van der Waals surface area contributed by atoms with E-state index < -0.39 is 28.5 Å². The minimum Gasteiger partial charge on any atom is -0.478 e.